The Labute approximate surface area is 145 Å². The number of carbonyl (C=O) groups excluding carboxylic acids is 2. The SMILES string of the molecule is CC(C)CC(=O)Nc1ccc(C(=O)CSc2ccccc2F)cc1. The molecule has 0 spiro atoms. The Morgan fingerprint density at radius 3 is 2.38 bits per heavy atom. The number of thioether (sulfide) groups is 1. The summed E-state index contributed by atoms with van der Waals surface area (Å²) in [6, 6.07) is 13.2. The van der Waals surface area contributed by atoms with E-state index < -0.39 is 0 Å². The van der Waals surface area contributed by atoms with Crippen LogP contribution in [0.5, 0.6) is 0 Å². The summed E-state index contributed by atoms with van der Waals surface area (Å²) in [5.41, 5.74) is 1.21. The number of carbonyl (C=O) groups is 2. The van der Waals surface area contributed by atoms with E-state index in [1.54, 1.807) is 42.5 Å². The lowest BCUT2D eigenvalue weighted by Gasteiger charge is -2.08. The first-order chi connectivity index (χ1) is 11.5. The third-order valence-corrected chi connectivity index (χ3v) is 4.33. The molecule has 0 saturated carbocycles. The number of hydrogen-bond donors (Lipinski definition) is 1. The third-order valence-electron chi connectivity index (χ3n) is 3.28. The molecule has 0 saturated heterocycles. The number of rotatable bonds is 7. The summed E-state index contributed by atoms with van der Waals surface area (Å²) in [4.78, 5) is 24.4. The van der Waals surface area contributed by atoms with Crippen LogP contribution in [-0.4, -0.2) is 17.4 Å². The van der Waals surface area contributed by atoms with Crippen LogP contribution in [0.25, 0.3) is 0 Å². The molecule has 24 heavy (non-hydrogen) atoms. The Kier molecular flexibility index (Phi) is 6.55. The number of Topliss-reactive ketones (excluding diaryl/α,β-unsaturated/α-hetero) is 1. The highest BCUT2D eigenvalue weighted by Gasteiger charge is 2.10. The van der Waals surface area contributed by atoms with E-state index in [1.807, 2.05) is 13.8 Å². The summed E-state index contributed by atoms with van der Waals surface area (Å²) >= 11 is 1.18. The van der Waals surface area contributed by atoms with Crippen molar-refractivity contribution in [3.8, 4) is 0 Å². The lowest BCUT2D eigenvalue weighted by molar-refractivity contribution is -0.116. The normalized spacial score (nSPS) is 10.7. The Morgan fingerprint density at radius 1 is 1.08 bits per heavy atom. The van der Waals surface area contributed by atoms with Gasteiger partial charge in [-0.05, 0) is 42.3 Å². The molecular formula is C19H20FNO2S. The molecule has 2 aromatic carbocycles. The van der Waals surface area contributed by atoms with Crippen LogP contribution in [0.3, 0.4) is 0 Å². The van der Waals surface area contributed by atoms with Gasteiger partial charge in [-0.1, -0.05) is 26.0 Å². The van der Waals surface area contributed by atoms with E-state index in [9.17, 15) is 14.0 Å². The third kappa shape index (κ3) is 5.49. The molecule has 0 aliphatic heterocycles. The minimum atomic E-state index is -0.321. The predicted octanol–water partition coefficient (Wildman–Crippen LogP) is 4.79. The van der Waals surface area contributed by atoms with Gasteiger partial charge in [0.05, 0.1) is 5.75 Å². The van der Waals surface area contributed by atoms with E-state index in [0.717, 1.165) is 0 Å². The number of anilines is 1. The largest absolute Gasteiger partial charge is 0.326 e. The molecule has 2 aromatic rings. The van der Waals surface area contributed by atoms with Crippen LogP contribution in [0.15, 0.2) is 53.4 Å². The molecule has 0 aromatic heterocycles. The molecule has 1 N–H and O–H groups in total. The van der Waals surface area contributed by atoms with E-state index in [0.29, 0.717) is 28.5 Å². The average molecular weight is 345 g/mol. The van der Waals surface area contributed by atoms with E-state index in [2.05, 4.69) is 5.32 Å². The minimum absolute atomic E-state index is 0.0424. The number of nitrogens with one attached hydrogen (secondary N) is 1. The minimum Gasteiger partial charge on any atom is -0.326 e. The molecule has 0 unspecified atom stereocenters. The standard InChI is InChI=1S/C19H20FNO2S/c1-13(2)11-19(23)21-15-9-7-14(8-10-15)17(22)12-24-18-6-4-3-5-16(18)20/h3-10,13H,11-12H2,1-2H3,(H,21,23). The molecule has 3 nitrogen and oxygen atoms in total. The van der Waals surface area contributed by atoms with Crippen molar-refractivity contribution in [3.05, 3.63) is 59.9 Å². The lowest BCUT2D eigenvalue weighted by Crippen LogP contribution is -2.14. The molecular weight excluding hydrogens is 325 g/mol. The average Bonchev–Trinajstić information content (AvgIpc) is 2.53. The van der Waals surface area contributed by atoms with Gasteiger partial charge >= 0.3 is 0 Å². The van der Waals surface area contributed by atoms with Gasteiger partial charge in [0.25, 0.3) is 0 Å². The Hall–Kier alpha value is -2.14. The number of hydrogen-bond acceptors (Lipinski definition) is 3. The highest BCUT2D eigenvalue weighted by Crippen LogP contribution is 2.22. The van der Waals surface area contributed by atoms with Crippen molar-refractivity contribution < 1.29 is 14.0 Å². The van der Waals surface area contributed by atoms with Gasteiger partial charge in [0.15, 0.2) is 5.78 Å². The molecule has 2 rings (SSSR count). The van der Waals surface area contributed by atoms with Crippen molar-refractivity contribution in [1.29, 1.82) is 0 Å². The molecule has 0 radical (unpaired) electrons. The van der Waals surface area contributed by atoms with Crippen molar-refractivity contribution in [2.24, 2.45) is 5.92 Å². The van der Waals surface area contributed by atoms with Gasteiger partial charge < -0.3 is 5.32 Å². The van der Waals surface area contributed by atoms with E-state index in [1.165, 1.54) is 17.8 Å². The topological polar surface area (TPSA) is 46.2 Å². The molecule has 0 atom stereocenters. The highest BCUT2D eigenvalue weighted by atomic mass is 32.2. The van der Waals surface area contributed by atoms with Crippen LogP contribution < -0.4 is 5.32 Å². The zero-order chi connectivity index (χ0) is 17.5. The maximum Gasteiger partial charge on any atom is 0.224 e. The van der Waals surface area contributed by atoms with Crippen molar-refractivity contribution in [3.63, 3.8) is 0 Å². The molecule has 5 heteroatoms. The molecule has 0 aliphatic carbocycles. The van der Waals surface area contributed by atoms with Crippen LogP contribution in [-0.2, 0) is 4.79 Å². The predicted molar refractivity (Wildman–Crippen MR) is 96.0 cm³/mol. The van der Waals surface area contributed by atoms with Crippen molar-refractivity contribution >= 4 is 29.1 Å². The van der Waals surface area contributed by atoms with Gasteiger partial charge in [-0.2, -0.15) is 0 Å². The van der Waals surface area contributed by atoms with Gasteiger partial charge in [0, 0.05) is 22.6 Å². The quantitative estimate of drug-likeness (QED) is 0.580. The second-order valence-corrected chi connectivity index (χ2v) is 6.88. The molecule has 0 bridgehead atoms. The fourth-order valence-electron chi connectivity index (χ4n) is 2.11. The molecule has 0 heterocycles. The van der Waals surface area contributed by atoms with Crippen molar-refractivity contribution in [1.82, 2.24) is 0 Å². The van der Waals surface area contributed by atoms with Gasteiger partial charge in [0.2, 0.25) is 5.91 Å². The van der Waals surface area contributed by atoms with Crippen LogP contribution >= 0.6 is 11.8 Å². The second-order valence-electron chi connectivity index (χ2n) is 5.87. The van der Waals surface area contributed by atoms with Gasteiger partial charge in [-0.3, -0.25) is 9.59 Å². The Bertz CT molecular complexity index is 714. The van der Waals surface area contributed by atoms with Gasteiger partial charge in [-0.15, -0.1) is 11.8 Å². The van der Waals surface area contributed by atoms with Crippen molar-refractivity contribution in [2.45, 2.75) is 25.2 Å². The molecule has 1 amide bonds. The maximum atomic E-state index is 13.5. The Balaban J connectivity index is 1.91. The summed E-state index contributed by atoms with van der Waals surface area (Å²) in [6.07, 6.45) is 0.458. The fraction of sp³-hybridized carbons (Fsp3) is 0.263. The van der Waals surface area contributed by atoms with Crippen molar-refractivity contribution in [2.75, 3.05) is 11.1 Å². The summed E-state index contributed by atoms with van der Waals surface area (Å²) < 4.78 is 13.5. The van der Waals surface area contributed by atoms with Gasteiger partial charge in [-0.25, -0.2) is 4.39 Å². The van der Waals surface area contributed by atoms with E-state index >= 15 is 0 Å². The van der Waals surface area contributed by atoms with Crippen LogP contribution in [0, 0.1) is 11.7 Å². The maximum absolute atomic E-state index is 13.5. The molecule has 126 valence electrons. The summed E-state index contributed by atoms with van der Waals surface area (Å²) in [5.74, 6) is 0.0160. The monoisotopic (exact) mass is 345 g/mol. The fourth-order valence-corrected chi connectivity index (χ4v) is 2.94. The van der Waals surface area contributed by atoms with E-state index in [4.69, 9.17) is 0 Å². The summed E-state index contributed by atoms with van der Waals surface area (Å²) in [7, 11) is 0. The molecule has 0 fully saturated rings. The first-order valence-corrected chi connectivity index (χ1v) is 8.74. The van der Waals surface area contributed by atoms with Crippen LogP contribution in [0.4, 0.5) is 10.1 Å². The van der Waals surface area contributed by atoms with Gasteiger partial charge in [0.1, 0.15) is 5.82 Å². The smallest absolute Gasteiger partial charge is 0.224 e. The van der Waals surface area contributed by atoms with E-state index in [-0.39, 0.29) is 23.3 Å². The first kappa shape index (κ1) is 18.2. The number of amides is 1. The number of benzene rings is 2. The summed E-state index contributed by atoms with van der Waals surface area (Å²) in [5, 5.41) is 2.80. The zero-order valence-corrected chi connectivity index (χ0v) is 14.5. The second kappa shape index (κ2) is 8.64. The lowest BCUT2D eigenvalue weighted by atomic mass is 10.1. The number of ketones is 1. The highest BCUT2D eigenvalue weighted by molar-refractivity contribution is 8.00. The van der Waals surface area contributed by atoms with Crippen LogP contribution in [0.2, 0.25) is 0 Å². The number of halogens is 1. The summed E-state index contributed by atoms with van der Waals surface area (Å²) in [6.45, 7) is 3.96. The first-order valence-electron chi connectivity index (χ1n) is 7.76. The molecule has 0 aliphatic rings. The zero-order valence-electron chi connectivity index (χ0n) is 13.7. The van der Waals surface area contributed by atoms with Crippen LogP contribution in [0.1, 0.15) is 30.6 Å². The Morgan fingerprint density at radius 2 is 1.75 bits per heavy atom.